The third kappa shape index (κ3) is 6.15. The molecule has 2 aromatic rings. The predicted molar refractivity (Wildman–Crippen MR) is 134 cm³/mol. The third-order valence-corrected chi connectivity index (χ3v) is 5.96. The first kappa shape index (κ1) is 22.9. The Kier molecular flexibility index (Phi) is 7.65. The van der Waals surface area contributed by atoms with E-state index in [-0.39, 0.29) is 0 Å². The van der Waals surface area contributed by atoms with E-state index in [2.05, 4.69) is 39.3 Å². The second kappa shape index (κ2) is 11.0. The molecule has 1 aliphatic heterocycles. The second-order valence-corrected chi connectivity index (χ2v) is 8.29. The van der Waals surface area contributed by atoms with Crippen LogP contribution in [0, 0.1) is 0 Å². The number of hydrazine groups is 1. The van der Waals surface area contributed by atoms with Crippen LogP contribution in [0.4, 0.5) is 0 Å². The van der Waals surface area contributed by atoms with Crippen LogP contribution in [-0.2, 0) is 0 Å². The Morgan fingerprint density at radius 3 is 2.55 bits per heavy atom. The van der Waals surface area contributed by atoms with Gasteiger partial charge in [-0.3, -0.25) is 10.8 Å². The van der Waals surface area contributed by atoms with Crippen LogP contribution in [0.1, 0.15) is 31.2 Å². The molecule has 2 aliphatic rings. The van der Waals surface area contributed by atoms with Crippen molar-refractivity contribution in [1.29, 1.82) is 0 Å². The first-order valence-electron chi connectivity index (χ1n) is 11.4. The molecule has 0 unspecified atom stereocenters. The molecular weight excluding hydrogens is 414 g/mol. The lowest BCUT2D eigenvalue weighted by Gasteiger charge is -2.16. The maximum Gasteiger partial charge on any atom is 0.130 e. The van der Waals surface area contributed by atoms with Crippen LogP contribution in [0.25, 0.3) is 16.8 Å². The number of allylic oxidation sites excluding steroid dienone is 1. The molecule has 1 saturated carbocycles. The van der Waals surface area contributed by atoms with E-state index in [1.54, 1.807) is 14.2 Å². The van der Waals surface area contributed by atoms with Crippen LogP contribution < -0.4 is 31.4 Å². The molecule has 7 nitrogen and oxygen atoms in total. The minimum atomic E-state index is 0.671. The molecule has 0 spiro atoms. The van der Waals surface area contributed by atoms with Crippen LogP contribution in [0.15, 0.2) is 65.4 Å². The van der Waals surface area contributed by atoms with Gasteiger partial charge in [0.15, 0.2) is 0 Å². The van der Waals surface area contributed by atoms with E-state index in [0.29, 0.717) is 6.54 Å². The highest BCUT2D eigenvalue weighted by atomic mass is 16.5. The average Bonchev–Trinajstić information content (AvgIpc) is 3.70. The molecule has 1 heterocycles. The fourth-order valence-electron chi connectivity index (χ4n) is 3.81. The van der Waals surface area contributed by atoms with Crippen molar-refractivity contribution >= 4 is 11.4 Å². The lowest BCUT2D eigenvalue weighted by molar-refractivity contribution is 0.395. The number of rotatable bonds is 11. The highest BCUT2D eigenvalue weighted by Gasteiger charge is 2.21. The monoisotopic (exact) mass is 447 g/mol. The zero-order chi connectivity index (χ0) is 23.0. The van der Waals surface area contributed by atoms with E-state index < -0.39 is 0 Å². The van der Waals surface area contributed by atoms with Crippen LogP contribution >= 0.6 is 0 Å². The van der Waals surface area contributed by atoms with Crippen molar-refractivity contribution in [3.8, 4) is 22.6 Å². The van der Waals surface area contributed by atoms with Gasteiger partial charge in [0.25, 0.3) is 0 Å². The molecule has 1 aliphatic carbocycles. The van der Waals surface area contributed by atoms with Gasteiger partial charge in [0.1, 0.15) is 11.5 Å². The molecule has 0 radical (unpaired) electrons. The number of benzene rings is 2. The predicted octanol–water partition coefficient (Wildman–Crippen LogP) is 3.59. The second-order valence-electron chi connectivity index (χ2n) is 8.29. The highest BCUT2D eigenvalue weighted by Crippen LogP contribution is 2.33. The Hall–Kier alpha value is -3.29. The molecule has 0 amide bonds. The first-order valence-corrected chi connectivity index (χ1v) is 11.4. The molecule has 5 N–H and O–H groups in total. The van der Waals surface area contributed by atoms with Gasteiger partial charge in [-0.05, 0) is 55.0 Å². The lowest BCUT2D eigenvalue weighted by atomic mass is 10.0. The zero-order valence-corrected chi connectivity index (χ0v) is 19.4. The molecule has 7 heteroatoms. The number of nitrogens with one attached hydrogen (secondary N) is 3. The Balaban J connectivity index is 1.36. The summed E-state index contributed by atoms with van der Waals surface area (Å²) >= 11 is 0. The van der Waals surface area contributed by atoms with Gasteiger partial charge in [0.05, 0.1) is 19.9 Å². The summed E-state index contributed by atoms with van der Waals surface area (Å²) in [6, 6.07) is 14.8. The van der Waals surface area contributed by atoms with E-state index in [9.17, 15) is 0 Å². The summed E-state index contributed by atoms with van der Waals surface area (Å²) in [6.45, 7) is 1.58. The number of aliphatic imine (C=N–C) groups is 1. The molecular formula is C26H33N5O2. The minimum Gasteiger partial charge on any atom is -0.497 e. The number of hydrogen-bond donors (Lipinski definition) is 4. The maximum absolute atomic E-state index is 5.81. The number of ether oxygens (including phenoxy) is 2. The zero-order valence-electron chi connectivity index (χ0n) is 19.4. The van der Waals surface area contributed by atoms with Gasteiger partial charge in [-0.1, -0.05) is 24.3 Å². The van der Waals surface area contributed by atoms with Crippen LogP contribution in [0.3, 0.4) is 0 Å². The van der Waals surface area contributed by atoms with Gasteiger partial charge in [-0.25, -0.2) is 0 Å². The van der Waals surface area contributed by atoms with Gasteiger partial charge < -0.3 is 25.5 Å². The third-order valence-electron chi connectivity index (χ3n) is 5.96. The highest BCUT2D eigenvalue weighted by molar-refractivity contribution is 5.88. The van der Waals surface area contributed by atoms with Crippen LogP contribution in [0.5, 0.6) is 11.5 Å². The molecule has 0 aromatic heterocycles. The fraction of sp³-hybridized carbons (Fsp3) is 0.346. The quantitative estimate of drug-likeness (QED) is 0.311. The molecule has 4 rings (SSSR count). The van der Waals surface area contributed by atoms with E-state index in [1.165, 1.54) is 18.6 Å². The number of methoxy groups -OCH3 is 2. The lowest BCUT2D eigenvalue weighted by Crippen LogP contribution is -2.27. The van der Waals surface area contributed by atoms with Crippen molar-refractivity contribution < 1.29 is 9.47 Å². The summed E-state index contributed by atoms with van der Waals surface area (Å²) in [7, 11) is 3.31. The molecule has 0 atom stereocenters. The topological polar surface area (TPSA) is 92.9 Å². The number of nitrogens with zero attached hydrogens (tertiary/aromatic N) is 1. The summed E-state index contributed by atoms with van der Waals surface area (Å²) in [4.78, 5) is 4.60. The van der Waals surface area contributed by atoms with Gasteiger partial charge in [-0.2, -0.15) is 0 Å². The largest absolute Gasteiger partial charge is 0.497 e. The van der Waals surface area contributed by atoms with Gasteiger partial charge in [0, 0.05) is 48.4 Å². The Labute approximate surface area is 195 Å². The van der Waals surface area contributed by atoms with Crippen molar-refractivity contribution in [2.75, 3.05) is 27.3 Å². The maximum atomic E-state index is 5.81. The standard InChI is InChI=1S/C26H33N5O2/c1-32-23-11-12-24(26(15-23)33-2)18-3-5-19(6-4-18)25(31-27)13-14-28-21-9-10-22(30-16-21)17-29-20-7-8-20/h3-6,11-13,15-16,20,28-29,31H,7-10,14,17,27H2,1-2H3/b25-13-. The Bertz CT molecular complexity index is 1040. The van der Waals surface area contributed by atoms with E-state index in [1.807, 2.05) is 36.5 Å². The van der Waals surface area contributed by atoms with E-state index >= 15 is 0 Å². The van der Waals surface area contributed by atoms with Crippen LogP contribution in [0.2, 0.25) is 0 Å². The molecule has 1 fully saturated rings. The van der Waals surface area contributed by atoms with Gasteiger partial charge >= 0.3 is 0 Å². The number of hydrogen-bond acceptors (Lipinski definition) is 7. The summed E-state index contributed by atoms with van der Waals surface area (Å²) in [5.74, 6) is 7.35. The van der Waals surface area contributed by atoms with E-state index in [0.717, 1.165) is 65.0 Å². The normalized spacial score (nSPS) is 16.0. The molecule has 2 aromatic carbocycles. The number of nitrogens with two attached hydrogens (primary N) is 1. The smallest absolute Gasteiger partial charge is 0.130 e. The van der Waals surface area contributed by atoms with Crippen LogP contribution in [-0.4, -0.2) is 39.1 Å². The summed E-state index contributed by atoms with van der Waals surface area (Å²) in [5, 5.41) is 6.98. The van der Waals surface area contributed by atoms with Crippen molar-refractivity contribution in [2.24, 2.45) is 10.8 Å². The first-order chi connectivity index (χ1) is 16.2. The Morgan fingerprint density at radius 2 is 1.91 bits per heavy atom. The van der Waals surface area contributed by atoms with Gasteiger partial charge in [0.2, 0.25) is 0 Å². The molecule has 0 saturated heterocycles. The summed E-state index contributed by atoms with van der Waals surface area (Å²) < 4.78 is 10.8. The summed E-state index contributed by atoms with van der Waals surface area (Å²) in [6.07, 6.45) is 8.60. The average molecular weight is 448 g/mol. The molecule has 0 bridgehead atoms. The van der Waals surface area contributed by atoms with Crippen molar-refractivity contribution in [3.63, 3.8) is 0 Å². The molecule has 174 valence electrons. The SMILES string of the molecule is COc1ccc(-c2ccc(/C(=C/CNC3=CN=C(CNC4CC4)CC3)NN)cc2)c(OC)c1. The fourth-order valence-corrected chi connectivity index (χ4v) is 3.81. The van der Waals surface area contributed by atoms with Crippen molar-refractivity contribution in [3.05, 3.63) is 66.0 Å². The van der Waals surface area contributed by atoms with Crippen molar-refractivity contribution in [1.82, 2.24) is 16.1 Å². The van der Waals surface area contributed by atoms with Crippen molar-refractivity contribution in [2.45, 2.75) is 31.7 Å². The summed E-state index contributed by atoms with van der Waals surface area (Å²) in [5.41, 5.74) is 9.16. The van der Waals surface area contributed by atoms with E-state index in [4.69, 9.17) is 15.3 Å². The van der Waals surface area contributed by atoms with Gasteiger partial charge in [-0.15, -0.1) is 0 Å². The molecule has 33 heavy (non-hydrogen) atoms. The minimum absolute atomic E-state index is 0.671. The Morgan fingerprint density at radius 1 is 1.09 bits per heavy atom.